The highest BCUT2D eigenvalue weighted by Gasteiger charge is 2.27. The monoisotopic (exact) mass is 341 g/mol. The summed E-state index contributed by atoms with van der Waals surface area (Å²) in [6, 6.07) is 1.60. The van der Waals surface area contributed by atoms with Gasteiger partial charge in [-0.2, -0.15) is 4.72 Å². The predicted molar refractivity (Wildman–Crippen MR) is 70.5 cm³/mol. The molecule has 1 aromatic rings. The van der Waals surface area contributed by atoms with Crippen molar-refractivity contribution in [2.75, 3.05) is 0 Å². The largest absolute Gasteiger partial charge is 0.481 e. The minimum absolute atomic E-state index is 0.0281. The van der Waals surface area contributed by atoms with Crippen LogP contribution >= 0.6 is 23.2 Å². The van der Waals surface area contributed by atoms with Crippen LogP contribution in [0.1, 0.15) is 6.42 Å². The molecule has 0 unspecified atom stereocenters. The van der Waals surface area contributed by atoms with Crippen LogP contribution in [0.2, 0.25) is 10.0 Å². The van der Waals surface area contributed by atoms with E-state index in [0.717, 1.165) is 12.1 Å². The average molecular weight is 342 g/mol. The van der Waals surface area contributed by atoms with Crippen molar-refractivity contribution in [1.82, 2.24) is 4.72 Å². The summed E-state index contributed by atoms with van der Waals surface area (Å²) in [5.74, 6) is -3.05. The van der Waals surface area contributed by atoms with E-state index in [4.69, 9.17) is 33.4 Å². The summed E-state index contributed by atoms with van der Waals surface area (Å²) in [6.45, 7) is 0. The van der Waals surface area contributed by atoms with Gasteiger partial charge < -0.3 is 10.2 Å². The minimum atomic E-state index is -4.23. The normalized spacial score (nSPS) is 12.9. The van der Waals surface area contributed by atoms with Gasteiger partial charge in [-0.05, 0) is 18.2 Å². The van der Waals surface area contributed by atoms with Crippen LogP contribution in [-0.4, -0.2) is 36.6 Å². The molecule has 1 atom stereocenters. The van der Waals surface area contributed by atoms with Crippen LogP contribution < -0.4 is 4.72 Å². The number of hydrogen-bond acceptors (Lipinski definition) is 4. The molecule has 0 saturated carbocycles. The fraction of sp³-hybridized carbons (Fsp3) is 0.200. The van der Waals surface area contributed by atoms with Gasteiger partial charge in [-0.15, -0.1) is 0 Å². The van der Waals surface area contributed by atoms with E-state index in [1.54, 1.807) is 4.72 Å². The topological polar surface area (TPSA) is 121 Å². The first kappa shape index (κ1) is 16.7. The minimum Gasteiger partial charge on any atom is -0.481 e. The van der Waals surface area contributed by atoms with Gasteiger partial charge in [-0.25, -0.2) is 8.42 Å². The zero-order chi connectivity index (χ0) is 15.5. The fourth-order valence-corrected chi connectivity index (χ4v) is 2.83. The Morgan fingerprint density at radius 3 is 2.25 bits per heavy atom. The van der Waals surface area contributed by atoms with Crippen LogP contribution in [0.5, 0.6) is 0 Å². The Kier molecular flexibility index (Phi) is 5.35. The zero-order valence-electron chi connectivity index (χ0n) is 9.71. The van der Waals surface area contributed by atoms with Crippen LogP contribution in [0.4, 0.5) is 0 Å². The number of rotatable bonds is 6. The number of nitrogens with one attached hydrogen (secondary N) is 1. The molecule has 20 heavy (non-hydrogen) atoms. The van der Waals surface area contributed by atoms with E-state index in [0.29, 0.717) is 0 Å². The first-order valence-corrected chi connectivity index (χ1v) is 7.29. The molecule has 0 fully saturated rings. The number of carbonyl (C=O) groups is 2. The van der Waals surface area contributed by atoms with Crippen molar-refractivity contribution < 1.29 is 28.2 Å². The van der Waals surface area contributed by atoms with E-state index in [2.05, 4.69) is 0 Å². The predicted octanol–water partition coefficient (Wildman–Crippen LogP) is 1.20. The third-order valence-corrected chi connectivity index (χ3v) is 4.38. The molecule has 1 rings (SSSR count). The highest BCUT2D eigenvalue weighted by Crippen LogP contribution is 2.24. The molecule has 0 heterocycles. The fourth-order valence-electron chi connectivity index (χ4n) is 1.25. The number of hydrogen-bond donors (Lipinski definition) is 3. The lowest BCUT2D eigenvalue weighted by Gasteiger charge is -2.13. The summed E-state index contributed by atoms with van der Waals surface area (Å²) in [7, 11) is -4.23. The van der Waals surface area contributed by atoms with Crippen LogP contribution in [0.15, 0.2) is 23.1 Å². The molecule has 10 heteroatoms. The summed E-state index contributed by atoms with van der Waals surface area (Å²) in [5.41, 5.74) is 0. The van der Waals surface area contributed by atoms with Crippen molar-refractivity contribution in [2.24, 2.45) is 0 Å². The van der Waals surface area contributed by atoms with Crippen LogP contribution in [0, 0.1) is 0 Å². The van der Waals surface area contributed by atoms with E-state index in [-0.39, 0.29) is 14.9 Å². The third kappa shape index (κ3) is 4.34. The lowest BCUT2D eigenvalue weighted by atomic mass is 10.2. The molecule has 7 nitrogen and oxygen atoms in total. The molecule has 0 amide bonds. The van der Waals surface area contributed by atoms with Crippen molar-refractivity contribution >= 4 is 45.2 Å². The quantitative estimate of drug-likeness (QED) is 0.714. The molecule has 0 aliphatic rings. The van der Waals surface area contributed by atoms with Crippen molar-refractivity contribution in [3.63, 3.8) is 0 Å². The third-order valence-electron chi connectivity index (χ3n) is 2.18. The van der Waals surface area contributed by atoms with Crippen LogP contribution in [0.25, 0.3) is 0 Å². The standard InChI is InChI=1S/C10H9Cl2NO6S/c11-6-2-1-5(3-7(6)12)20(18,19)13-8(10(16)17)4-9(14)15/h1-3,8,13H,4H2,(H,14,15)(H,16,17)/t8-/m0/s1. The molecule has 0 spiro atoms. The van der Waals surface area contributed by atoms with Crippen molar-refractivity contribution in [2.45, 2.75) is 17.4 Å². The lowest BCUT2D eigenvalue weighted by Crippen LogP contribution is -2.42. The van der Waals surface area contributed by atoms with Gasteiger partial charge in [-0.1, -0.05) is 23.2 Å². The van der Waals surface area contributed by atoms with E-state index in [9.17, 15) is 18.0 Å². The SMILES string of the molecule is O=C(O)C[C@H](NS(=O)(=O)c1ccc(Cl)c(Cl)c1)C(=O)O. The van der Waals surface area contributed by atoms with Gasteiger partial charge >= 0.3 is 11.9 Å². The number of carboxylic acid groups (broad SMARTS) is 2. The number of aliphatic carboxylic acids is 2. The summed E-state index contributed by atoms with van der Waals surface area (Å²) in [5, 5.41) is 17.4. The number of benzene rings is 1. The van der Waals surface area contributed by atoms with E-state index in [1.807, 2.05) is 0 Å². The van der Waals surface area contributed by atoms with Gasteiger partial charge in [0, 0.05) is 0 Å². The molecule has 0 saturated heterocycles. The molecule has 110 valence electrons. The van der Waals surface area contributed by atoms with Gasteiger partial charge in [0.15, 0.2) is 0 Å². The Morgan fingerprint density at radius 2 is 1.80 bits per heavy atom. The average Bonchev–Trinajstić information content (AvgIpc) is 2.30. The molecule has 3 N–H and O–H groups in total. The summed E-state index contributed by atoms with van der Waals surface area (Å²) < 4.78 is 25.6. The molecular weight excluding hydrogens is 333 g/mol. The number of halogens is 2. The second-order valence-corrected chi connectivity index (χ2v) is 6.21. The second kappa shape index (κ2) is 6.40. The van der Waals surface area contributed by atoms with Crippen molar-refractivity contribution in [1.29, 1.82) is 0 Å². The zero-order valence-corrected chi connectivity index (χ0v) is 12.0. The Hall–Kier alpha value is -1.35. The molecule has 0 aliphatic heterocycles. The Bertz CT molecular complexity index is 645. The lowest BCUT2D eigenvalue weighted by molar-refractivity contribution is -0.145. The molecule has 0 aliphatic carbocycles. The highest BCUT2D eigenvalue weighted by atomic mass is 35.5. The second-order valence-electron chi connectivity index (χ2n) is 3.69. The Morgan fingerprint density at radius 1 is 1.20 bits per heavy atom. The van der Waals surface area contributed by atoms with Gasteiger partial charge in [0.1, 0.15) is 6.04 Å². The number of sulfonamides is 1. The first-order valence-electron chi connectivity index (χ1n) is 5.05. The van der Waals surface area contributed by atoms with E-state index < -0.39 is 34.4 Å². The highest BCUT2D eigenvalue weighted by molar-refractivity contribution is 7.89. The molecule has 1 aromatic carbocycles. The molecular formula is C10H9Cl2NO6S. The van der Waals surface area contributed by atoms with Gasteiger partial charge in [0.25, 0.3) is 0 Å². The molecule has 0 aromatic heterocycles. The first-order chi connectivity index (χ1) is 9.13. The van der Waals surface area contributed by atoms with Crippen molar-refractivity contribution in [3.05, 3.63) is 28.2 Å². The van der Waals surface area contributed by atoms with E-state index >= 15 is 0 Å². The van der Waals surface area contributed by atoms with Gasteiger partial charge in [0.2, 0.25) is 10.0 Å². The Balaban J connectivity index is 3.06. The van der Waals surface area contributed by atoms with Crippen LogP contribution in [0.3, 0.4) is 0 Å². The maximum absolute atomic E-state index is 11.9. The maximum atomic E-state index is 11.9. The molecule has 0 radical (unpaired) electrons. The van der Waals surface area contributed by atoms with Gasteiger partial charge in [0.05, 0.1) is 21.4 Å². The maximum Gasteiger partial charge on any atom is 0.322 e. The van der Waals surface area contributed by atoms with Crippen LogP contribution in [-0.2, 0) is 19.6 Å². The molecule has 0 bridgehead atoms. The number of carboxylic acids is 2. The van der Waals surface area contributed by atoms with E-state index in [1.165, 1.54) is 6.07 Å². The Labute approximate surface area is 124 Å². The summed E-state index contributed by atoms with van der Waals surface area (Å²) in [4.78, 5) is 21.0. The van der Waals surface area contributed by atoms with Gasteiger partial charge in [-0.3, -0.25) is 9.59 Å². The summed E-state index contributed by atoms with van der Waals surface area (Å²) >= 11 is 11.3. The smallest absolute Gasteiger partial charge is 0.322 e. The summed E-state index contributed by atoms with van der Waals surface area (Å²) in [6.07, 6.45) is -0.893. The van der Waals surface area contributed by atoms with Crippen molar-refractivity contribution in [3.8, 4) is 0 Å².